The van der Waals surface area contributed by atoms with Crippen molar-refractivity contribution in [1.29, 1.82) is 0 Å². The average Bonchev–Trinajstić information content (AvgIpc) is 2.83. The number of carbonyl (C=O) groups excluding carboxylic acids is 3. The highest BCUT2D eigenvalue weighted by Gasteiger charge is 2.16. The molecule has 3 aromatic rings. The molecular formula is C25H23FN2O5S. The van der Waals surface area contributed by atoms with E-state index in [-0.39, 0.29) is 17.2 Å². The van der Waals surface area contributed by atoms with Crippen LogP contribution < -0.4 is 15.4 Å². The number of anilines is 2. The van der Waals surface area contributed by atoms with E-state index >= 15 is 0 Å². The summed E-state index contributed by atoms with van der Waals surface area (Å²) in [6.45, 7) is 1.39. The lowest BCUT2D eigenvalue weighted by atomic mass is 10.2. The van der Waals surface area contributed by atoms with Crippen LogP contribution in [0.15, 0.2) is 71.6 Å². The molecule has 0 bridgehead atoms. The maximum atomic E-state index is 13.0. The Kier molecular flexibility index (Phi) is 8.64. The second-order valence-corrected chi connectivity index (χ2v) is 8.19. The molecule has 176 valence electrons. The topological polar surface area (TPSA) is 93.7 Å². The lowest BCUT2D eigenvalue weighted by Gasteiger charge is -2.12. The summed E-state index contributed by atoms with van der Waals surface area (Å²) in [5.41, 5.74) is 2.12. The second-order valence-electron chi connectivity index (χ2n) is 7.17. The zero-order chi connectivity index (χ0) is 24.5. The number of thioether (sulfide) groups is 1. The third-order valence-electron chi connectivity index (χ3n) is 4.56. The van der Waals surface area contributed by atoms with E-state index in [2.05, 4.69) is 10.6 Å². The SMILES string of the molecule is COc1ccc(C)cc1NC(=O)COC(=O)c1ccccc1SCC(=O)Nc1ccc(F)cc1. The van der Waals surface area contributed by atoms with Crippen molar-refractivity contribution >= 4 is 40.9 Å². The first-order chi connectivity index (χ1) is 16.4. The van der Waals surface area contributed by atoms with Crippen LogP contribution in [0.4, 0.5) is 15.8 Å². The largest absolute Gasteiger partial charge is 0.495 e. The van der Waals surface area contributed by atoms with Gasteiger partial charge in [0.1, 0.15) is 11.6 Å². The summed E-state index contributed by atoms with van der Waals surface area (Å²) in [6.07, 6.45) is 0. The summed E-state index contributed by atoms with van der Waals surface area (Å²) in [5.74, 6) is -1.40. The van der Waals surface area contributed by atoms with Gasteiger partial charge in [-0.15, -0.1) is 11.8 Å². The van der Waals surface area contributed by atoms with Crippen molar-refractivity contribution in [3.05, 3.63) is 83.7 Å². The molecule has 0 spiro atoms. The molecule has 0 unspecified atom stereocenters. The Bertz CT molecular complexity index is 1180. The van der Waals surface area contributed by atoms with Gasteiger partial charge in [0.15, 0.2) is 6.61 Å². The van der Waals surface area contributed by atoms with Gasteiger partial charge in [-0.25, -0.2) is 9.18 Å². The Balaban J connectivity index is 1.55. The van der Waals surface area contributed by atoms with Crippen LogP contribution in [0.1, 0.15) is 15.9 Å². The number of carbonyl (C=O) groups is 3. The maximum absolute atomic E-state index is 13.0. The molecule has 0 aliphatic carbocycles. The fourth-order valence-electron chi connectivity index (χ4n) is 2.95. The number of ether oxygens (including phenoxy) is 2. The van der Waals surface area contributed by atoms with Gasteiger partial charge in [-0.3, -0.25) is 9.59 Å². The summed E-state index contributed by atoms with van der Waals surface area (Å²) in [6, 6.07) is 17.4. The molecule has 7 nitrogen and oxygen atoms in total. The average molecular weight is 483 g/mol. The molecule has 0 saturated heterocycles. The number of rotatable bonds is 9. The minimum Gasteiger partial charge on any atom is -0.495 e. The van der Waals surface area contributed by atoms with Crippen LogP contribution in [-0.4, -0.2) is 37.3 Å². The summed E-state index contributed by atoms with van der Waals surface area (Å²) in [7, 11) is 1.49. The number of hydrogen-bond acceptors (Lipinski definition) is 6. The highest BCUT2D eigenvalue weighted by Crippen LogP contribution is 2.26. The first-order valence-electron chi connectivity index (χ1n) is 10.2. The van der Waals surface area contributed by atoms with Crippen LogP contribution >= 0.6 is 11.8 Å². The standard InChI is InChI=1S/C25H23FN2O5S/c1-16-7-12-21(32-2)20(13-16)28-23(29)14-33-25(31)19-5-3-4-6-22(19)34-15-24(30)27-18-10-8-17(26)9-11-18/h3-13H,14-15H2,1-2H3,(H,27,30)(H,28,29). The Hall–Kier alpha value is -3.85. The van der Waals surface area contributed by atoms with Gasteiger partial charge in [0, 0.05) is 10.6 Å². The highest BCUT2D eigenvalue weighted by atomic mass is 32.2. The summed E-state index contributed by atoms with van der Waals surface area (Å²) >= 11 is 1.15. The summed E-state index contributed by atoms with van der Waals surface area (Å²) in [5, 5.41) is 5.33. The number of benzene rings is 3. The molecule has 0 fully saturated rings. The Morgan fingerprint density at radius 2 is 1.68 bits per heavy atom. The van der Waals surface area contributed by atoms with Gasteiger partial charge < -0.3 is 20.1 Å². The van der Waals surface area contributed by atoms with Gasteiger partial charge in [-0.1, -0.05) is 18.2 Å². The van der Waals surface area contributed by atoms with Crippen LogP contribution in [0.25, 0.3) is 0 Å². The minimum absolute atomic E-state index is 0.0231. The van der Waals surface area contributed by atoms with Crippen molar-refractivity contribution in [3.8, 4) is 5.75 Å². The first-order valence-corrected chi connectivity index (χ1v) is 11.2. The molecular weight excluding hydrogens is 459 g/mol. The lowest BCUT2D eigenvalue weighted by molar-refractivity contribution is -0.119. The van der Waals surface area contributed by atoms with E-state index < -0.39 is 24.3 Å². The summed E-state index contributed by atoms with van der Waals surface area (Å²) in [4.78, 5) is 37.6. The third kappa shape index (κ3) is 7.08. The Morgan fingerprint density at radius 3 is 2.41 bits per heavy atom. The molecule has 3 rings (SSSR count). The smallest absolute Gasteiger partial charge is 0.339 e. The molecule has 0 aromatic heterocycles. The minimum atomic E-state index is -0.687. The van der Waals surface area contributed by atoms with Gasteiger partial charge in [-0.2, -0.15) is 0 Å². The number of amides is 2. The Labute approximate surface area is 200 Å². The first kappa shape index (κ1) is 24.8. The number of esters is 1. The quantitative estimate of drug-likeness (QED) is 0.340. The van der Waals surface area contributed by atoms with Crippen LogP contribution in [0.3, 0.4) is 0 Å². The highest BCUT2D eigenvalue weighted by molar-refractivity contribution is 8.00. The monoisotopic (exact) mass is 482 g/mol. The number of aryl methyl sites for hydroxylation is 1. The summed E-state index contributed by atoms with van der Waals surface area (Å²) < 4.78 is 23.4. The van der Waals surface area contributed by atoms with Crippen molar-refractivity contribution in [2.75, 3.05) is 30.1 Å². The van der Waals surface area contributed by atoms with Gasteiger partial charge in [0.25, 0.3) is 5.91 Å². The molecule has 2 amide bonds. The predicted octanol–water partition coefficient (Wildman–Crippen LogP) is 4.67. The van der Waals surface area contributed by atoms with Gasteiger partial charge in [0.2, 0.25) is 5.91 Å². The van der Waals surface area contributed by atoms with E-state index in [4.69, 9.17) is 9.47 Å². The van der Waals surface area contributed by atoms with E-state index in [0.29, 0.717) is 22.0 Å². The van der Waals surface area contributed by atoms with E-state index in [1.54, 1.807) is 36.4 Å². The number of hydrogen-bond donors (Lipinski definition) is 2. The molecule has 0 heterocycles. The van der Waals surface area contributed by atoms with Crippen molar-refractivity contribution in [2.45, 2.75) is 11.8 Å². The molecule has 2 N–H and O–H groups in total. The Morgan fingerprint density at radius 1 is 0.941 bits per heavy atom. The zero-order valence-corrected chi connectivity index (χ0v) is 19.4. The van der Waals surface area contributed by atoms with Crippen molar-refractivity contribution in [2.24, 2.45) is 0 Å². The predicted molar refractivity (Wildman–Crippen MR) is 129 cm³/mol. The van der Waals surface area contributed by atoms with Gasteiger partial charge in [-0.05, 0) is 61.0 Å². The molecule has 34 heavy (non-hydrogen) atoms. The molecule has 3 aromatic carbocycles. The van der Waals surface area contributed by atoms with Gasteiger partial charge in [0.05, 0.1) is 24.1 Å². The number of nitrogens with one attached hydrogen (secondary N) is 2. The molecule has 0 radical (unpaired) electrons. The van der Waals surface area contributed by atoms with Crippen molar-refractivity contribution in [3.63, 3.8) is 0 Å². The van der Waals surface area contributed by atoms with Crippen molar-refractivity contribution < 1.29 is 28.2 Å². The molecule has 0 atom stereocenters. The van der Waals surface area contributed by atoms with E-state index in [1.165, 1.54) is 31.4 Å². The van der Waals surface area contributed by atoms with E-state index in [1.807, 2.05) is 13.0 Å². The molecule has 9 heteroatoms. The molecule has 0 aliphatic rings. The van der Waals surface area contributed by atoms with Crippen LogP contribution in [0, 0.1) is 12.7 Å². The fraction of sp³-hybridized carbons (Fsp3) is 0.160. The lowest BCUT2D eigenvalue weighted by Crippen LogP contribution is -2.21. The number of halogens is 1. The van der Waals surface area contributed by atoms with Crippen LogP contribution in [0.5, 0.6) is 5.75 Å². The van der Waals surface area contributed by atoms with Crippen LogP contribution in [0.2, 0.25) is 0 Å². The maximum Gasteiger partial charge on any atom is 0.339 e. The second kappa shape index (κ2) is 11.9. The van der Waals surface area contributed by atoms with E-state index in [0.717, 1.165) is 17.3 Å². The third-order valence-corrected chi connectivity index (χ3v) is 5.63. The van der Waals surface area contributed by atoms with Crippen molar-refractivity contribution in [1.82, 2.24) is 0 Å². The zero-order valence-electron chi connectivity index (χ0n) is 18.6. The fourth-order valence-corrected chi connectivity index (χ4v) is 3.79. The normalized spacial score (nSPS) is 10.3. The molecule has 0 saturated carbocycles. The molecule has 0 aliphatic heterocycles. The van der Waals surface area contributed by atoms with E-state index in [9.17, 15) is 18.8 Å². The number of methoxy groups -OCH3 is 1. The van der Waals surface area contributed by atoms with Crippen LogP contribution in [-0.2, 0) is 14.3 Å². The van der Waals surface area contributed by atoms with Gasteiger partial charge >= 0.3 is 5.97 Å².